The van der Waals surface area contributed by atoms with Gasteiger partial charge in [0.25, 0.3) is 0 Å². The summed E-state index contributed by atoms with van der Waals surface area (Å²) in [4.78, 5) is 5.41. The number of aliphatic imine (C=N–C) groups is 1. The molecule has 1 fully saturated rings. The van der Waals surface area contributed by atoms with Gasteiger partial charge in [-0.25, -0.2) is 8.42 Å². The van der Waals surface area contributed by atoms with Gasteiger partial charge in [-0.05, 0) is 17.9 Å². The molecule has 0 amide bonds. The van der Waals surface area contributed by atoms with Crippen molar-refractivity contribution in [2.75, 3.05) is 31.2 Å². The highest BCUT2D eigenvalue weighted by atomic mass is 127. The fourth-order valence-electron chi connectivity index (χ4n) is 1.89. The Balaban J connectivity index is 0.00000220. The molecule has 2 heterocycles. The van der Waals surface area contributed by atoms with E-state index < -0.39 is 9.84 Å². The summed E-state index contributed by atoms with van der Waals surface area (Å²) < 4.78 is 28.2. The summed E-state index contributed by atoms with van der Waals surface area (Å²) in [7, 11) is -2.98. The van der Waals surface area contributed by atoms with E-state index in [1.165, 1.54) is 4.88 Å². The second kappa shape index (κ2) is 8.91. The summed E-state index contributed by atoms with van der Waals surface area (Å²) >= 11 is 1.70. The van der Waals surface area contributed by atoms with Gasteiger partial charge in [-0.2, -0.15) is 0 Å². The number of ether oxygens (including phenoxy) is 1. The average Bonchev–Trinajstić information content (AvgIpc) is 2.88. The zero-order valence-electron chi connectivity index (χ0n) is 11.5. The standard InChI is InChI=1S/C12H19N3O3S2.HI/c13-12(14-4-3-11-2-1-6-19-11)15-8-10-9-20(16,17)7-5-18-10;/h1-2,6,10H,3-5,7-9H2,(H3,13,14,15);1H. The number of halogens is 1. The van der Waals surface area contributed by atoms with E-state index in [4.69, 9.17) is 10.5 Å². The zero-order chi connectivity index (χ0) is 14.4. The van der Waals surface area contributed by atoms with Crippen LogP contribution in [-0.4, -0.2) is 51.7 Å². The van der Waals surface area contributed by atoms with E-state index in [0.29, 0.717) is 12.5 Å². The molecule has 1 atom stereocenters. The molecule has 1 aliphatic rings. The van der Waals surface area contributed by atoms with Crippen LogP contribution < -0.4 is 11.1 Å². The first-order valence-electron chi connectivity index (χ1n) is 6.43. The van der Waals surface area contributed by atoms with Crippen molar-refractivity contribution < 1.29 is 13.2 Å². The van der Waals surface area contributed by atoms with Crippen molar-refractivity contribution >= 4 is 51.1 Å². The summed E-state index contributed by atoms with van der Waals surface area (Å²) in [6.07, 6.45) is 0.508. The number of sulfone groups is 1. The van der Waals surface area contributed by atoms with Gasteiger partial charge in [0, 0.05) is 11.4 Å². The largest absolute Gasteiger partial charge is 0.374 e. The molecule has 0 spiro atoms. The van der Waals surface area contributed by atoms with Crippen LogP contribution >= 0.6 is 35.3 Å². The van der Waals surface area contributed by atoms with Gasteiger partial charge < -0.3 is 15.8 Å². The van der Waals surface area contributed by atoms with Gasteiger partial charge in [0.2, 0.25) is 0 Å². The van der Waals surface area contributed by atoms with Crippen molar-refractivity contribution in [1.29, 1.82) is 0 Å². The Hall–Kier alpha value is -0.390. The van der Waals surface area contributed by atoms with E-state index in [0.717, 1.165) is 6.42 Å². The molecule has 1 unspecified atom stereocenters. The lowest BCUT2D eigenvalue weighted by atomic mass is 10.3. The number of nitrogens with one attached hydrogen (secondary N) is 1. The van der Waals surface area contributed by atoms with Crippen LogP contribution in [0, 0.1) is 0 Å². The number of nitrogens with zero attached hydrogens (tertiary/aromatic N) is 1. The van der Waals surface area contributed by atoms with Crippen molar-refractivity contribution in [2.24, 2.45) is 10.7 Å². The lowest BCUT2D eigenvalue weighted by Crippen LogP contribution is -2.38. The van der Waals surface area contributed by atoms with Crippen LogP contribution in [0.2, 0.25) is 0 Å². The molecular formula is C12H20IN3O3S2. The average molecular weight is 445 g/mol. The second-order valence-corrected chi connectivity index (χ2v) is 7.85. The molecule has 21 heavy (non-hydrogen) atoms. The third-order valence-electron chi connectivity index (χ3n) is 2.91. The lowest BCUT2D eigenvalue weighted by molar-refractivity contribution is 0.0783. The first-order valence-corrected chi connectivity index (χ1v) is 9.13. The van der Waals surface area contributed by atoms with Crippen molar-refractivity contribution in [2.45, 2.75) is 12.5 Å². The molecule has 3 N–H and O–H groups in total. The molecule has 1 aliphatic heterocycles. The van der Waals surface area contributed by atoms with Gasteiger partial charge in [0.15, 0.2) is 15.8 Å². The summed E-state index contributed by atoms with van der Waals surface area (Å²) in [5, 5.41) is 5.05. The zero-order valence-corrected chi connectivity index (χ0v) is 15.5. The molecular weight excluding hydrogens is 425 g/mol. The summed E-state index contributed by atoms with van der Waals surface area (Å²) in [5.74, 6) is 0.453. The normalized spacial score (nSPS) is 21.5. The minimum atomic E-state index is -2.98. The van der Waals surface area contributed by atoms with E-state index in [9.17, 15) is 8.42 Å². The van der Waals surface area contributed by atoms with Crippen LogP contribution in [0.4, 0.5) is 0 Å². The Morgan fingerprint density at radius 3 is 3.05 bits per heavy atom. The van der Waals surface area contributed by atoms with E-state index >= 15 is 0 Å². The number of hydrogen-bond acceptors (Lipinski definition) is 5. The Bertz CT molecular complexity index is 546. The van der Waals surface area contributed by atoms with Crippen LogP contribution in [0.5, 0.6) is 0 Å². The molecule has 1 aromatic heterocycles. The van der Waals surface area contributed by atoms with Gasteiger partial charge >= 0.3 is 0 Å². The second-order valence-electron chi connectivity index (χ2n) is 4.59. The first kappa shape index (κ1) is 18.7. The van der Waals surface area contributed by atoms with Crippen molar-refractivity contribution in [3.63, 3.8) is 0 Å². The van der Waals surface area contributed by atoms with Crippen LogP contribution in [0.25, 0.3) is 0 Å². The molecule has 9 heteroatoms. The maximum atomic E-state index is 11.4. The number of thiophene rings is 1. The molecule has 2 rings (SSSR count). The maximum absolute atomic E-state index is 11.4. The molecule has 0 saturated carbocycles. The Labute approximate surface area is 146 Å². The summed E-state index contributed by atoms with van der Waals surface area (Å²) in [6, 6.07) is 4.08. The molecule has 0 aromatic carbocycles. The number of guanidine groups is 1. The van der Waals surface area contributed by atoms with Crippen molar-refractivity contribution in [1.82, 2.24) is 5.32 Å². The van der Waals surface area contributed by atoms with Crippen LogP contribution in [0.15, 0.2) is 22.5 Å². The highest BCUT2D eigenvalue weighted by molar-refractivity contribution is 14.0. The Morgan fingerprint density at radius 2 is 2.38 bits per heavy atom. The van der Waals surface area contributed by atoms with Gasteiger partial charge in [0.1, 0.15) is 0 Å². The topological polar surface area (TPSA) is 93.8 Å². The molecule has 1 saturated heterocycles. The van der Waals surface area contributed by atoms with E-state index in [2.05, 4.69) is 16.4 Å². The van der Waals surface area contributed by atoms with Crippen LogP contribution in [0.3, 0.4) is 0 Å². The molecule has 6 nitrogen and oxygen atoms in total. The van der Waals surface area contributed by atoms with Gasteiger partial charge in [-0.3, -0.25) is 4.99 Å². The Morgan fingerprint density at radius 1 is 1.57 bits per heavy atom. The molecule has 0 aliphatic carbocycles. The van der Waals surface area contributed by atoms with E-state index in [1.807, 2.05) is 11.4 Å². The highest BCUT2D eigenvalue weighted by Crippen LogP contribution is 2.08. The van der Waals surface area contributed by atoms with E-state index in [-0.39, 0.29) is 54.7 Å². The quantitative estimate of drug-likeness (QED) is 0.394. The Kier molecular flexibility index (Phi) is 7.92. The smallest absolute Gasteiger partial charge is 0.188 e. The van der Waals surface area contributed by atoms with Gasteiger partial charge in [-0.1, -0.05) is 6.07 Å². The monoisotopic (exact) mass is 445 g/mol. The highest BCUT2D eigenvalue weighted by Gasteiger charge is 2.25. The third kappa shape index (κ3) is 6.94. The predicted octanol–water partition coefficient (Wildman–Crippen LogP) is 0.627. The maximum Gasteiger partial charge on any atom is 0.188 e. The van der Waals surface area contributed by atoms with Crippen LogP contribution in [-0.2, 0) is 21.0 Å². The van der Waals surface area contributed by atoms with Crippen molar-refractivity contribution in [3.8, 4) is 0 Å². The fraction of sp³-hybridized carbons (Fsp3) is 0.583. The summed E-state index contributed by atoms with van der Waals surface area (Å²) in [5.41, 5.74) is 5.74. The molecule has 1 aromatic rings. The van der Waals surface area contributed by atoms with E-state index in [1.54, 1.807) is 11.3 Å². The SMILES string of the molecule is I.NC(=NCC1CS(=O)(=O)CCO1)NCCc1cccs1. The minimum absolute atomic E-state index is 0. The summed E-state index contributed by atoms with van der Waals surface area (Å²) in [6.45, 7) is 1.23. The third-order valence-corrected chi connectivity index (χ3v) is 5.52. The number of nitrogens with two attached hydrogens (primary N) is 1. The van der Waals surface area contributed by atoms with Gasteiger partial charge in [0.05, 0.1) is 30.8 Å². The fourth-order valence-corrected chi connectivity index (χ4v) is 3.88. The van der Waals surface area contributed by atoms with Crippen molar-refractivity contribution in [3.05, 3.63) is 22.4 Å². The van der Waals surface area contributed by atoms with Gasteiger partial charge in [-0.15, -0.1) is 35.3 Å². The molecule has 120 valence electrons. The molecule has 0 bridgehead atoms. The minimum Gasteiger partial charge on any atom is -0.374 e. The first-order chi connectivity index (χ1) is 9.55. The lowest BCUT2D eigenvalue weighted by Gasteiger charge is -2.21. The number of rotatable bonds is 5. The predicted molar refractivity (Wildman–Crippen MR) is 96.3 cm³/mol. The van der Waals surface area contributed by atoms with Crippen LogP contribution in [0.1, 0.15) is 4.88 Å². The number of hydrogen-bond donors (Lipinski definition) is 2. The molecule has 0 radical (unpaired) electrons.